The molecule has 0 spiro atoms. The van der Waals surface area contributed by atoms with Crippen LogP contribution < -0.4 is 31.4 Å². The minimum atomic E-state index is -0.964. The van der Waals surface area contributed by atoms with E-state index in [1.165, 1.54) is 71.9 Å². The van der Waals surface area contributed by atoms with Crippen LogP contribution in [-0.2, 0) is 48.9 Å². The van der Waals surface area contributed by atoms with Gasteiger partial charge in [-0.2, -0.15) is 0 Å². The first kappa shape index (κ1) is 28.4. The molecule has 0 atom stereocenters. The van der Waals surface area contributed by atoms with Crippen LogP contribution in [0, 0.1) is 0 Å². The van der Waals surface area contributed by atoms with E-state index in [4.69, 9.17) is 0 Å². The number of hydrogen-bond donors (Lipinski definition) is 0. The van der Waals surface area contributed by atoms with E-state index in [9.17, 15) is 0 Å². The minimum Gasteiger partial charge on any atom is -1.00 e. The van der Waals surface area contributed by atoms with Crippen LogP contribution in [-0.4, -0.2) is 0 Å². The molecule has 37 heavy (non-hydrogen) atoms. The van der Waals surface area contributed by atoms with Gasteiger partial charge in [-0.05, 0) is 0 Å². The summed E-state index contributed by atoms with van der Waals surface area (Å²) in [7, 11) is 0. The van der Waals surface area contributed by atoms with Crippen molar-refractivity contribution in [2.45, 2.75) is 65.2 Å². The van der Waals surface area contributed by atoms with Gasteiger partial charge in [0.2, 0.25) is 0 Å². The Morgan fingerprint density at radius 2 is 1.00 bits per heavy atom. The molecular formula is C34H34Cl2Zr. The third-order valence-electron chi connectivity index (χ3n) is 7.88. The topological polar surface area (TPSA) is 0 Å². The van der Waals surface area contributed by atoms with Gasteiger partial charge in [-0.1, -0.05) is 0 Å². The van der Waals surface area contributed by atoms with Crippen molar-refractivity contribution in [1.82, 2.24) is 0 Å². The monoisotopic (exact) mass is 602 g/mol. The predicted octanol–water partition coefficient (Wildman–Crippen LogP) is 1.56. The van der Waals surface area contributed by atoms with Gasteiger partial charge in [-0.15, -0.1) is 0 Å². The molecule has 0 aromatic heterocycles. The standard InChI is InChI=1S/2C17H17.2ClH.Zr/c2*1-2-3-6-13-9-10-15-12-14-7-4-5-8-16(14)17(15)11-13;;;/h2*4-5,7-9,11H,2-3,6,12H2,1H3;2*1H;/q;;;;+2/p-2. The number of benzene rings is 4. The van der Waals surface area contributed by atoms with Gasteiger partial charge in [0.15, 0.2) is 0 Å². The molecule has 3 heteroatoms. The van der Waals surface area contributed by atoms with E-state index in [1.54, 1.807) is 28.8 Å². The SMILES string of the molecule is CCCCc1c[c]([Zr+2][c]2cc(CCCC)cc3c2Cc2ccccc2-3)c2c(c1)-c1ccccc1C2.[Cl-].[Cl-]. The van der Waals surface area contributed by atoms with Crippen molar-refractivity contribution in [3.63, 3.8) is 0 Å². The first-order valence-electron chi connectivity index (χ1n) is 13.5. The molecule has 4 aromatic rings. The zero-order valence-corrected chi connectivity index (χ0v) is 25.8. The summed E-state index contributed by atoms with van der Waals surface area (Å²) >= 11 is -0.964. The van der Waals surface area contributed by atoms with Crippen molar-refractivity contribution >= 4 is 6.54 Å². The second-order valence-corrected chi connectivity index (χ2v) is 13.6. The van der Waals surface area contributed by atoms with Crippen LogP contribution in [0.15, 0.2) is 72.8 Å². The Morgan fingerprint density at radius 3 is 1.43 bits per heavy atom. The van der Waals surface area contributed by atoms with Crippen molar-refractivity contribution in [1.29, 1.82) is 0 Å². The average molecular weight is 605 g/mol. The van der Waals surface area contributed by atoms with Crippen molar-refractivity contribution < 1.29 is 48.0 Å². The van der Waals surface area contributed by atoms with Crippen molar-refractivity contribution in [3.8, 4) is 22.3 Å². The number of aryl methyl sites for hydroxylation is 2. The first-order valence-corrected chi connectivity index (χ1v) is 16.0. The quantitative estimate of drug-likeness (QED) is 0.248. The third kappa shape index (κ3) is 5.57. The Labute approximate surface area is 246 Å². The molecule has 0 aliphatic heterocycles. The Kier molecular flexibility index (Phi) is 9.55. The van der Waals surface area contributed by atoms with E-state index in [-0.39, 0.29) is 24.8 Å². The Morgan fingerprint density at radius 1 is 0.568 bits per heavy atom. The molecular weight excluding hydrogens is 571 g/mol. The first-order chi connectivity index (χ1) is 17.2. The number of hydrogen-bond acceptors (Lipinski definition) is 0. The summed E-state index contributed by atoms with van der Waals surface area (Å²) in [6.45, 7) is 4.62. The second-order valence-electron chi connectivity index (χ2n) is 10.3. The number of rotatable bonds is 8. The predicted molar refractivity (Wildman–Crippen MR) is 146 cm³/mol. The normalized spacial score (nSPS) is 11.9. The second kappa shape index (κ2) is 12.5. The van der Waals surface area contributed by atoms with Gasteiger partial charge in [0.25, 0.3) is 0 Å². The minimum absolute atomic E-state index is 0. The molecule has 2 aliphatic rings. The van der Waals surface area contributed by atoms with E-state index in [0.717, 1.165) is 12.8 Å². The van der Waals surface area contributed by atoms with Crippen molar-refractivity contribution in [2.24, 2.45) is 0 Å². The molecule has 0 unspecified atom stereocenters. The maximum atomic E-state index is 2.62. The maximum absolute atomic E-state index is 2.62. The van der Waals surface area contributed by atoms with E-state index in [2.05, 4.69) is 86.6 Å². The van der Waals surface area contributed by atoms with Crippen LogP contribution in [0.1, 0.15) is 72.9 Å². The fourth-order valence-corrected chi connectivity index (χ4v) is 9.82. The molecule has 188 valence electrons. The zero-order valence-electron chi connectivity index (χ0n) is 21.8. The summed E-state index contributed by atoms with van der Waals surface area (Å²) in [6.07, 6.45) is 9.73. The van der Waals surface area contributed by atoms with Gasteiger partial charge in [-0.3, -0.25) is 0 Å². The molecule has 2 aliphatic carbocycles. The van der Waals surface area contributed by atoms with Crippen molar-refractivity contribution in [2.75, 3.05) is 0 Å². The van der Waals surface area contributed by atoms with Gasteiger partial charge in [0.05, 0.1) is 0 Å². The van der Waals surface area contributed by atoms with Gasteiger partial charge in [0, 0.05) is 0 Å². The molecule has 6 rings (SSSR count). The van der Waals surface area contributed by atoms with E-state index in [1.807, 2.05) is 0 Å². The maximum Gasteiger partial charge on any atom is -1.00 e. The molecule has 0 nitrogen and oxygen atoms in total. The summed E-state index contributed by atoms with van der Waals surface area (Å²) in [6, 6.07) is 28.5. The zero-order chi connectivity index (χ0) is 23.8. The Hall–Kier alpha value is -1.66. The number of halogens is 2. The molecule has 0 radical (unpaired) electrons. The number of fused-ring (bicyclic) bond motifs is 6. The molecule has 0 saturated heterocycles. The van der Waals surface area contributed by atoms with Gasteiger partial charge in [-0.25, -0.2) is 0 Å². The van der Waals surface area contributed by atoms with Crippen LogP contribution in [0.3, 0.4) is 0 Å². The molecule has 0 fully saturated rings. The summed E-state index contributed by atoms with van der Waals surface area (Å²) in [4.78, 5) is 0. The van der Waals surface area contributed by atoms with Crippen LogP contribution in [0.25, 0.3) is 22.3 Å². The van der Waals surface area contributed by atoms with Crippen LogP contribution >= 0.6 is 0 Å². The van der Waals surface area contributed by atoms with Crippen LogP contribution in [0.4, 0.5) is 0 Å². The smallest absolute Gasteiger partial charge is 1.00 e. The summed E-state index contributed by atoms with van der Waals surface area (Å²) in [5, 5.41) is 0. The molecule has 0 N–H and O–H groups in total. The summed E-state index contributed by atoms with van der Waals surface area (Å²) < 4.78 is 3.44. The van der Waals surface area contributed by atoms with Gasteiger partial charge in [0.1, 0.15) is 0 Å². The molecule has 0 amide bonds. The fourth-order valence-electron chi connectivity index (χ4n) is 6.00. The van der Waals surface area contributed by atoms with Gasteiger partial charge >= 0.3 is 223 Å². The van der Waals surface area contributed by atoms with Crippen molar-refractivity contribution in [3.05, 3.63) is 106 Å². The largest absolute Gasteiger partial charge is 1.00 e. The summed E-state index contributed by atoms with van der Waals surface area (Å²) in [5.74, 6) is 0. The van der Waals surface area contributed by atoms with E-state index < -0.39 is 23.2 Å². The Balaban J connectivity index is 0.00000160. The molecule has 0 saturated carbocycles. The van der Waals surface area contributed by atoms with Crippen LogP contribution in [0.5, 0.6) is 0 Å². The average Bonchev–Trinajstić information content (AvgIpc) is 3.45. The fraction of sp³-hybridized carbons (Fsp3) is 0.294. The molecule has 0 heterocycles. The number of unbranched alkanes of at least 4 members (excludes halogenated alkanes) is 2. The van der Waals surface area contributed by atoms with E-state index >= 15 is 0 Å². The Bertz CT molecular complexity index is 1300. The van der Waals surface area contributed by atoms with Crippen LogP contribution in [0.2, 0.25) is 0 Å². The third-order valence-corrected chi connectivity index (χ3v) is 11.4. The molecule has 0 bridgehead atoms. The van der Waals surface area contributed by atoms with E-state index in [0.29, 0.717) is 0 Å². The molecule has 4 aromatic carbocycles. The van der Waals surface area contributed by atoms with Gasteiger partial charge < -0.3 is 24.8 Å². The summed E-state index contributed by atoms with van der Waals surface area (Å²) in [5.41, 5.74) is 15.5.